The standard InChI is InChI=1S/C19H27FN6O3/c1-3-29-9-14(21)12-7-24(8-13(12)20)15-6-23-16-17(10(15)2)25(11-4-5-11)19(28)26(22)18(16)27/h6,11-14H,3-5,7-9,21-22H2,1-2H3. The average Bonchev–Trinajstić information content (AvgIpc) is 3.46. The molecule has 0 aromatic carbocycles. The molecule has 0 radical (unpaired) electrons. The van der Waals surface area contributed by atoms with Crippen LogP contribution in [0, 0.1) is 12.8 Å². The van der Waals surface area contributed by atoms with Crippen molar-refractivity contribution < 1.29 is 9.13 Å². The van der Waals surface area contributed by atoms with E-state index in [1.807, 2.05) is 18.7 Å². The summed E-state index contributed by atoms with van der Waals surface area (Å²) in [6.45, 7) is 5.15. The maximum absolute atomic E-state index is 14.7. The number of anilines is 1. The van der Waals surface area contributed by atoms with Gasteiger partial charge in [0.15, 0.2) is 5.52 Å². The smallest absolute Gasteiger partial charge is 0.350 e. The van der Waals surface area contributed by atoms with Gasteiger partial charge in [0.25, 0.3) is 0 Å². The largest absolute Gasteiger partial charge is 0.380 e. The van der Waals surface area contributed by atoms with E-state index in [1.165, 1.54) is 0 Å². The van der Waals surface area contributed by atoms with Crippen LogP contribution in [0.1, 0.15) is 31.4 Å². The Morgan fingerprint density at radius 3 is 2.72 bits per heavy atom. The van der Waals surface area contributed by atoms with Gasteiger partial charge in [-0.3, -0.25) is 9.36 Å². The Balaban J connectivity index is 1.76. The number of halogens is 1. The molecule has 0 amide bonds. The normalized spacial score (nSPS) is 23.1. The number of nitrogens with zero attached hydrogens (tertiary/aromatic N) is 4. The van der Waals surface area contributed by atoms with Gasteiger partial charge in [-0.25, -0.2) is 14.2 Å². The monoisotopic (exact) mass is 406 g/mol. The first-order chi connectivity index (χ1) is 13.8. The highest BCUT2D eigenvalue weighted by molar-refractivity contribution is 5.83. The van der Waals surface area contributed by atoms with Crippen molar-refractivity contribution in [2.75, 3.05) is 37.0 Å². The number of nitrogens with two attached hydrogens (primary N) is 2. The van der Waals surface area contributed by atoms with E-state index >= 15 is 0 Å². The first-order valence-electron chi connectivity index (χ1n) is 9.99. The molecule has 2 aromatic rings. The summed E-state index contributed by atoms with van der Waals surface area (Å²) in [5.41, 5.74) is 7.03. The van der Waals surface area contributed by atoms with Crippen LogP contribution in [-0.4, -0.2) is 52.7 Å². The molecule has 2 fully saturated rings. The van der Waals surface area contributed by atoms with Crippen LogP contribution in [0.15, 0.2) is 15.8 Å². The topological polar surface area (TPSA) is 121 Å². The van der Waals surface area contributed by atoms with Crippen LogP contribution in [0.4, 0.5) is 10.1 Å². The third-order valence-corrected chi connectivity index (χ3v) is 5.96. The molecule has 4 rings (SSSR count). The van der Waals surface area contributed by atoms with Gasteiger partial charge in [-0.15, -0.1) is 0 Å². The van der Waals surface area contributed by atoms with Crippen LogP contribution in [0.25, 0.3) is 11.0 Å². The Labute approximate surface area is 167 Å². The van der Waals surface area contributed by atoms with Gasteiger partial charge < -0.3 is 21.2 Å². The van der Waals surface area contributed by atoms with E-state index in [4.69, 9.17) is 16.3 Å². The zero-order chi connectivity index (χ0) is 20.9. The molecule has 3 heterocycles. The van der Waals surface area contributed by atoms with Gasteiger partial charge in [0.2, 0.25) is 0 Å². The fraction of sp³-hybridized carbons (Fsp3) is 0.632. The van der Waals surface area contributed by atoms with Crippen LogP contribution >= 0.6 is 0 Å². The van der Waals surface area contributed by atoms with Crippen molar-refractivity contribution in [3.8, 4) is 0 Å². The lowest BCUT2D eigenvalue weighted by Gasteiger charge is -2.23. The van der Waals surface area contributed by atoms with Gasteiger partial charge >= 0.3 is 11.2 Å². The number of hydrogen-bond acceptors (Lipinski definition) is 7. The third kappa shape index (κ3) is 3.29. The van der Waals surface area contributed by atoms with Gasteiger partial charge in [0.05, 0.1) is 24.0 Å². The molecule has 2 aromatic heterocycles. The van der Waals surface area contributed by atoms with E-state index in [1.54, 1.807) is 10.8 Å². The molecule has 4 N–H and O–H groups in total. The molecule has 0 bridgehead atoms. The minimum atomic E-state index is -1.09. The summed E-state index contributed by atoms with van der Waals surface area (Å²) in [6.07, 6.45) is 2.16. The van der Waals surface area contributed by atoms with Crippen molar-refractivity contribution in [2.24, 2.45) is 11.7 Å². The number of aromatic nitrogens is 3. The van der Waals surface area contributed by atoms with Gasteiger partial charge in [-0.05, 0) is 26.7 Å². The van der Waals surface area contributed by atoms with Gasteiger partial charge in [-0.2, -0.15) is 4.68 Å². The average molecular weight is 406 g/mol. The lowest BCUT2D eigenvalue weighted by atomic mass is 9.99. The molecule has 29 heavy (non-hydrogen) atoms. The Hall–Kier alpha value is -2.46. The summed E-state index contributed by atoms with van der Waals surface area (Å²) in [5, 5.41) is 0. The molecule has 0 spiro atoms. The van der Waals surface area contributed by atoms with Crippen LogP contribution in [0.5, 0.6) is 0 Å². The number of alkyl halides is 1. The maximum atomic E-state index is 14.7. The lowest BCUT2D eigenvalue weighted by molar-refractivity contribution is 0.105. The third-order valence-electron chi connectivity index (χ3n) is 5.96. The van der Waals surface area contributed by atoms with E-state index in [9.17, 15) is 14.0 Å². The van der Waals surface area contributed by atoms with E-state index in [0.29, 0.717) is 35.6 Å². The second-order valence-corrected chi connectivity index (χ2v) is 7.93. The summed E-state index contributed by atoms with van der Waals surface area (Å²) in [4.78, 5) is 31.3. The quantitative estimate of drug-likeness (QED) is 0.650. The van der Waals surface area contributed by atoms with Crippen LogP contribution in [0.2, 0.25) is 0 Å². The van der Waals surface area contributed by atoms with Crippen molar-refractivity contribution >= 4 is 16.7 Å². The van der Waals surface area contributed by atoms with Crippen LogP contribution in [0.3, 0.4) is 0 Å². The molecular weight excluding hydrogens is 379 g/mol. The van der Waals surface area contributed by atoms with Crippen molar-refractivity contribution in [3.63, 3.8) is 0 Å². The predicted molar refractivity (Wildman–Crippen MR) is 108 cm³/mol. The minimum absolute atomic E-state index is 0.0102. The number of ether oxygens (including phenoxy) is 1. The Morgan fingerprint density at radius 1 is 1.34 bits per heavy atom. The fourth-order valence-electron chi connectivity index (χ4n) is 4.20. The van der Waals surface area contributed by atoms with E-state index in [0.717, 1.165) is 18.4 Å². The fourth-order valence-corrected chi connectivity index (χ4v) is 4.20. The van der Waals surface area contributed by atoms with Crippen LogP contribution in [-0.2, 0) is 4.74 Å². The number of hydrogen-bond donors (Lipinski definition) is 2. The summed E-state index contributed by atoms with van der Waals surface area (Å²) in [7, 11) is 0. The molecule has 3 unspecified atom stereocenters. The van der Waals surface area contributed by atoms with Crippen molar-refractivity contribution in [1.29, 1.82) is 0 Å². The summed E-state index contributed by atoms with van der Waals surface area (Å²) in [6, 6.07) is -0.395. The van der Waals surface area contributed by atoms with Crippen molar-refractivity contribution in [1.82, 2.24) is 14.2 Å². The molecule has 1 aliphatic heterocycles. The molecule has 1 aliphatic carbocycles. The molecule has 3 atom stereocenters. The van der Waals surface area contributed by atoms with Gasteiger partial charge in [0.1, 0.15) is 6.17 Å². The predicted octanol–water partition coefficient (Wildman–Crippen LogP) is 0.0534. The summed E-state index contributed by atoms with van der Waals surface area (Å²) in [5.74, 6) is 5.32. The summed E-state index contributed by atoms with van der Waals surface area (Å²) < 4.78 is 22.3. The maximum Gasteiger partial charge on any atom is 0.350 e. The Kier molecular flexibility index (Phi) is 5.07. The summed E-state index contributed by atoms with van der Waals surface area (Å²) >= 11 is 0. The molecule has 1 saturated heterocycles. The van der Waals surface area contributed by atoms with E-state index in [2.05, 4.69) is 4.98 Å². The minimum Gasteiger partial charge on any atom is -0.380 e. The molecule has 1 saturated carbocycles. The number of pyridine rings is 1. The SMILES string of the molecule is CCOCC(N)C1CN(c2cnc3c(=O)n(N)c(=O)n(C4CC4)c3c2C)CC1F. The number of rotatable bonds is 6. The molecule has 158 valence electrons. The first-order valence-corrected chi connectivity index (χ1v) is 9.99. The molecule has 2 aliphatic rings. The lowest BCUT2D eigenvalue weighted by Crippen LogP contribution is -2.45. The Bertz CT molecular complexity index is 1050. The number of aryl methyl sites for hydroxylation is 1. The second-order valence-electron chi connectivity index (χ2n) is 7.93. The van der Waals surface area contributed by atoms with Gasteiger partial charge in [0, 0.05) is 43.3 Å². The number of nitrogen functional groups attached to an aromatic ring is 1. The van der Waals surface area contributed by atoms with E-state index in [-0.39, 0.29) is 24.0 Å². The molecule has 9 nitrogen and oxygen atoms in total. The van der Waals surface area contributed by atoms with Crippen molar-refractivity contribution in [3.05, 3.63) is 32.6 Å². The molecular formula is C19H27FN6O3. The Morgan fingerprint density at radius 2 is 2.07 bits per heavy atom. The highest BCUT2D eigenvalue weighted by atomic mass is 19.1. The second kappa shape index (κ2) is 7.42. The van der Waals surface area contributed by atoms with Gasteiger partial charge in [-0.1, -0.05) is 0 Å². The molecule has 10 heteroatoms. The van der Waals surface area contributed by atoms with Crippen molar-refractivity contribution in [2.45, 2.75) is 44.9 Å². The zero-order valence-electron chi connectivity index (χ0n) is 16.7. The van der Waals surface area contributed by atoms with E-state index < -0.39 is 23.5 Å². The van der Waals surface area contributed by atoms with Crippen LogP contribution < -0.4 is 27.7 Å². The number of fused-ring (bicyclic) bond motifs is 1. The zero-order valence-corrected chi connectivity index (χ0v) is 16.7. The highest BCUT2D eigenvalue weighted by Gasteiger charge is 2.38. The highest BCUT2D eigenvalue weighted by Crippen LogP contribution is 2.38. The first kappa shape index (κ1) is 19.8.